The molecule has 6 aromatic carbocycles. The van der Waals surface area contributed by atoms with Gasteiger partial charge in [0.15, 0.2) is 0 Å². The minimum Gasteiger partial charge on any atom is -0.348 e. The van der Waals surface area contributed by atoms with Crippen molar-refractivity contribution in [3.05, 3.63) is 181 Å². The molecular formula is C54H62N4O2P2. The molecule has 1 aliphatic rings. The van der Waals surface area contributed by atoms with E-state index in [2.05, 4.69) is 158 Å². The maximum Gasteiger partial charge on any atom is 0.252 e. The fourth-order valence-corrected chi connectivity index (χ4v) is 13.4. The van der Waals surface area contributed by atoms with Gasteiger partial charge in [-0.05, 0) is 84.5 Å². The molecule has 4 N–H and O–H groups in total. The van der Waals surface area contributed by atoms with Gasteiger partial charge in [0.05, 0.1) is 0 Å². The zero-order chi connectivity index (χ0) is 43.3. The van der Waals surface area contributed by atoms with E-state index in [1.807, 2.05) is 60.7 Å². The molecule has 6 nitrogen and oxygen atoms in total. The SMILES string of the molecule is CC(C)[C@@H](CN[C@H]1CCCC[C@@H]1NC[C@@H](NC(=O)c1ccccc1P(c1ccccc1)c1ccccc1)C(C)C)NC(=O)c1ccccc1P(c1ccccc1)c1ccccc1. The monoisotopic (exact) mass is 860 g/mol. The van der Waals surface area contributed by atoms with Crippen molar-refractivity contribution in [3.63, 3.8) is 0 Å². The van der Waals surface area contributed by atoms with E-state index < -0.39 is 15.8 Å². The zero-order valence-electron chi connectivity index (χ0n) is 36.6. The molecule has 6 aromatic rings. The Morgan fingerprint density at radius 3 is 1.05 bits per heavy atom. The van der Waals surface area contributed by atoms with E-state index in [4.69, 9.17) is 0 Å². The fraction of sp³-hybridized carbons (Fsp3) is 0.296. The Bertz CT molecular complexity index is 2070. The van der Waals surface area contributed by atoms with Crippen molar-refractivity contribution < 1.29 is 9.59 Å². The molecule has 1 aliphatic carbocycles. The summed E-state index contributed by atoms with van der Waals surface area (Å²) in [4.78, 5) is 28.6. The van der Waals surface area contributed by atoms with Gasteiger partial charge in [-0.15, -0.1) is 0 Å². The number of amides is 2. The third-order valence-electron chi connectivity index (χ3n) is 12.0. The van der Waals surface area contributed by atoms with E-state index in [-0.39, 0.29) is 47.8 Å². The van der Waals surface area contributed by atoms with Gasteiger partial charge in [-0.2, -0.15) is 0 Å². The Hall–Kier alpha value is -4.96. The molecule has 4 atom stereocenters. The van der Waals surface area contributed by atoms with Gasteiger partial charge in [0.1, 0.15) is 0 Å². The molecule has 8 heteroatoms. The molecule has 320 valence electrons. The van der Waals surface area contributed by atoms with Gasteiger partial charge in [0.2, 0.25) is 0 Å². The van der Waals surface area contributed by atoms with Gasteiger partial charge in [-0.25, -0.2) is 0 Å². The molecule has 1 saturated carbocycles. The smallest absolute Gasteiger partial charge is 0.252 e. The summed E-state index contributed by atoms with van der Waals surface area (Å²) in [6.45, 7) is 10.1. The molecule has 0 unspecified atom stereocenters. The van der Waals surface area contributed by atoms with Crippen molar-refractivity contribution in [2.75, 3.05) is 13.1 Å². The van der Waals surface area contributed by atoms with Gasteiger partial charge in [-0.1, -0.05) is 198 Å². The summed E-state index contributed by atoms with van der Waals surface area (Å²) >= 11 is 0. The quantitative estimate of drug-likeness (QED) is 0.0664. The number of carbonyl (C=O) groups excluding carboxylic acids is 2. The normalized spacial score (nSPS) is 16.3. The first-order valence-electron chi connectivity index (χ1n) is 22.4. The second-order valence-electron chi connectivity index (χ2n) is 17.0. The highest BCUT2D eigenvalue weighted by Crippen LogP contribution is 2.35. The summed E-state index contributed by atoms with van der Waals surface area (Å²) in [6.07, 6.45) is 4.45. The maximum absolute atomic E-state index is 14.3. The average Bonchev–Trinajstić information content (AvgIpc) is 3.31. The predicted molar refractivity (Wildman–Crippen MR) is 265 cm³/mol. The molecule has 0 aliphatic heterocycles. The van der Waals surface area contributed by atoms with Crippen LogP contribution < -0.4 is 53.1 Å². The van der Waals surface area contributed by atoms with Crippen LogP contribution in [0.1, 0.15) is 74.1 Å². The topological polar surface area (TPSA) is 82.3 Å². The molecule has 0 saturated heterocycles. The summed E-state index contributed by atoms with van der Waals surface area (Å²) in [7, 11) is -1.86. The van der Waals surface area contributed by atoms with Gasteiger partial charge >= 0.3 is 0 Å². The number of nitrogens with one attached hydrogen (secondary N) is 4. The third kappa shape index (κ3) is 11.5. The molecule has 2 amide bonds. The Kier molecular flexibility index (Phi) is 16.3. The van der Waals surface area contributed by atoms with Crippen LogP contribution in [0, 0.1) is 11.8 Å². The van der Waals surface area contributed by atoms with E-state index in [0.717, 1.165) is 47.4 Å². The van der Waals surface area contributed by atoms with Crippen molar-refractivity contribution in [2.24, 2.45) is 11.8 Å². The van der Waals surface area contributed by atoms with Crippen molar-refractivity contribution in [2.45, 2.75) is 77.5 Å². The Morgan fingerprint density at radius 2 is 0.742 bits per heavy atom. The van der Waals surface area contributed by atoms with Crippen molar-refractivity contribution >= 4 is 59.5 Å². The molecule has 0 heterocycles. The molecule has 7 rings (SSSR count). The predicted octanol–water partition coefficient (Wildman–Crippen LogP) is 7.90. The first-order valence-corrected chi connectivity index (χ1v) is 25.0. The summed E-state index contributed by atoms with van der Waals surface area (Å²) < 4.78 is 0. The molecule has 1 fully saturated rings. The van der Waals surface area contributed by atoms with Crippen LogP contribution in [-0.2, 0) is 0 Å². The summed E-state index contributed by atoms with van der Waals surface area (Å²) in [5.74, 6) is 0.394. The Morgan fingerprint density at radius 1 is 0.452 bits per heavy atom. The van der Waals surface area contributed by atoms with Gasteiger partial charge in [-0.3, -0.25) is 9.59 Å². The van der Waals surface area contributed by atoms with E-state index in [9.17, 15) is 9.59 Å². The van der Waals surface area contributed by atoms with E-state index >= 15 is 0 Å². The number of rotatable bonds is 18. The minimum atomic E-state index is -0.932. The van der Waals surface area contributed by atoms with Crippen LogP contribution in [0.2, 0.25) is 0 Å². The largest absolute Gasteiger partial charge is 0.348 e. The van der Waals surface area contributed by atoms with Crippen molar-refractivity contribution in [1.29, 1.82) is 0 Å². The molecule has 62 heavy (non-hydrogen) atoms. The van der Waals surface area contributed by atoms with Crippen molar-refractivity contribution in [3.8, 4) is 0 Å². The minimum absolute atomic E-state index is 0.0315. The lowest BCUT2D eigenvalue weighted by atomic mass is 9.89. The first kappa shape index (κ1) is 45.1. The average molecular weight is 861 g/mol. The lowest BCUT2D eigenvalue weighted by molar-refractivity contribution is 0.0913. The van der Waals surface area contributed by atoms with Crippen LogP contribution >= 0.6 is 15.8 Å². The summed E-state index contributed by atoms with van der Waals surface area (Å²) in [6, 6.07) is 58.9. The van der Waals surface area contributed by atoms with Crippen molar-refractivity contribution in [1.82, 2.24) is 21.3 Å². The summed E-state index contributed by atoms with van der Waals surface area (Å²) in [5.41, 5.74) is 1.46. The number of hydrogen-bond donors (Lipinski definition) is 4. The highest BCUT2D eigenvalue weighted by molar-refractivity contribution is 7.80. The van der Waals surface area contributed by atoms with Crippen LogP contribution in [-0.4, -0.2) is 49.1 Å². The van der Waals surface area contributed by atoms with Crippen LogP contribution in [0.5, 0.6) is 0 Å². The Labute approximate surface area is 372 Å². The van der Waals surface area contributed by atoms with E-state index in [1.165, 1.54) is 21.2 Å². The third-order valence-corrected chi connectivity index (χ3v) is 17.0. The molecule has 0 aromatic heterocycles. The second kappa shape index (κ2) is 22.4. The van der Waals surface area contributed by atoms with Crippen LogP contribution in [0.3, 0.4) is 0 Å². The van der Waals surface area contributed by atoms with Crippen LogP contribution in [0.25, 0.3) is 0 Å². The molecule has 0 spiro atoms. The van der Waals surface area contributed by atoms with E-state index in [0.29, 0.717) is 13.1 Å². The Balaban J connectivity index is 1.02. The first-order chi connectivity index (χ1) is 30.3. The standard InChI is InChI=1S/C54H62N4O2P2/c1-39(2)49(57-53(59)45-31-17-21-35-51(45)61(41-23-9-5-10-24-41)42-25-11-6-12-26-42)37-55-47-33-19-20-34-48(47)56-38-50(40(3)4)58-54(60)46-32-18-22-36-52(46)62(43-27-13-7-14-28-43)44-29-15-8-16-30-44/h5-18,21-32,35-36,39-40,47-50,55-56H,19-20,33-34,37-38H2,1-4H3,(H,57,59)(H,58,60)/t47-,48-,49+,50+/m0/s1. The van der Waals surface area contributed by atoms with Gasteiger partial charge < -0.3 is 21.3 Å². The van der Waals surface area contributed by atoms with Crippen LogP contribution in [0.4, 0.5) is 0 Å². The number of benzene rings is 6. The summed E-state index contributed by atoms with van der Waals surface area (Å²) in [5, 5.41) is 21.8. The molecule has 0 radical (unpaired) electrons. The lowest BCUT2D eigenvalue weighted by Gasteiger charge is -2.36. The second-order valence-corrected chi connectivity index (χ2v) is 21.4. The lowest BCUT2D eigenvalue weighted by Crippen LogP contribution is -2.57. The highest BCUT2D eigenvalue weighted by Gasteiger charge is 2.30. The maximum atomic E-state index is 14.3. The molecular weight excluding hydrogens is 799 g/mol. The molecule has 0 bridgehead atoms. The number of carbonyl (C=O) groups is 2. The van der Waals surface area contributed by atoms with Gasteiger partial charge in [0, 0.05) is 48.4 Å². The van der Waals surface area contributed by atoms with E-state index in [1.54, 1.807) is 0 Å². The fourth-order valence-electron chi connectivity index (χ4n) is 8.46. The van der Waals surface area contributed by atoms with Crippen LogP contribution in [0.15, 0.2) is 170 Å². The highest BCUT2D eigenvalue weighted by atomic mass is 31.1. The van der Waals surface area contributed by atoms with Gasteiger partial charge in [0.25, 0.3) is 11.8 Å². The number of hydrogen-bond acceptors (Lipinski definition) is 4. The zero-order valence-corrected chi connectivity index (χ0v) is 38.4.